The van der Waals surface area contributed by atoms with Crippen LogP contribution in [-0.2, 0) is 4.94 Å². The van der Waals surface area contributed by atoms with Crippen molar-refractivity contribution >= 4 is 11.4 Å². The summed E-state index contributed by atoms with van der Waals surface area (Å²) in [5.41, 5.74) is 3.49. The van der Waals surface area contributed by atoms with Crippen LogP contribution in [-0.4, -0.2) is 14.1 Å². The molecule has 12 heavy (non-hydrogen) atoms. The molecular formula is C9H12N2O. The largest absolute Gasteiger partial charge is 0.230 e. The van der Waals surface area contributed by atoms with E-state index in [1.54, 1.807) is 10.1 Å². The first-order chi connectivity index (χ1) is 5.68. The topological polar surface area (TPSA) is 15.7 Å². The maximum absolute atomic E-state index is 5.35. The van der Waals surface area contributed by atoms with Gasteiger partial charge in [0.1, 0.15) is 0 Å². The van der Waals surface area contributed by atoms with Crippen molar-refractivity contribution in [3.8, 4) is 0 Å². The van der Waals surface area contributed by atoms with Crippen LogP contribution in [0, 0.1) is 6.92 Å². The average Bonchev–Trinajstić information content (AvgIpc) is 2.28. The van der Waals surface area contributed by atoms with E-state index in [1.165, 1.54) is 5.56 Å². The molecule has 1 heterocycles. The standard InChI is InChI=1S/C9H12N2O/c1-7-4-5-8-9(6-7)11(3)12-10(8)2/h4-6H,1-3H3. The van der Waals surface area contributed by atoms with Gasteiger partial charge in [0.2, 0.25) is 0 Å². The first kappa shape index (κ1) is 7.43. The minimum atomic E-state index is 1.11. The van der Waals surface area contributed by atoms with Crippen molar-refractivity contribution in [3.05, 3.63) is 23.8 Å². The first-order valence-corrected chi connectivity index (χ1v) is 3.94. The van der Waals surface area contributed by atoms with Crippen LogP contribution in [0.3, 0.4) is 0 Å². The summed E-state index contributed by atoms with van der Waals surface area (Å²) in [4.78, 5) is 5.35. The van der Waals surface area contributed by atoms with Gasteiger partial charge < -0.3 is 0 Å². The molecule has 1 aromatic carbocycles. The monoisotopic (exact) mass is 164 g/mol. The van der Waals surface area contributed by atoms with Gasteiger partial charge in [0.05, 0.1) is 11.4 Å². The Kier molecular flexibility index (Phi) is 1.48. The summed E-state index contributed by atoms with van der Waals surface area (Å²) in [7, 11) is 3.80. The Labute approximate surface area is 72.1 Å². The highest BCUT2D eigenvalue weighted by Crippen LogP contribution is 2.34. The smallest absolute Gasteiger partial charge is 0.0918 e. The van der Waals surface area contributed by atoms with Crippen LogP contribution in [0.1, 0.15) is 5.56 Å². The highest BCUT2D eigenvalue weighted by Gasteiger charge is 2.21. The molecule has 0 aromatic heterocycles. The Morgan fingerprint density at radius 1 is 1.08 bits per heavy atom. The summed E-state index contributed by atoms with van der Waals surface area (Å²) >= 11 is 0. The third kappa shape index (κ3) is 0.940. The molecule has 3 nitrogen and oxygen atoms in total. The molecule has 0 fully saturated rings. The molecule has 0 radical (unpaired) electrons. The molecule has 0 amide bonds. The van der Waals surface area contributed by atoms with Gasteiger partial charge in [-0.25, -0.2) is 10.1 Å². The fraction of sp³-hybridized carbons (Fsp3) is 0.333. The Bertz CT molecular complexity index is 311. The third-order valence-electron chi connectivity index (χ3n) is 2.05. The van der Waals surface area contributed by atoms with E-state index in [0.717, 1.165) is 11.4 Å². The second-order valence-electron chi connectivity index (χ2n) is 3.07. The SMILES string of the molecule is Cc1ccc2c(c1)N(C)ON2C. The summed E-state index contributed by atoms with van der Waals surface area (Å²) in [6, 6.07) is 6.25. The van der Waals surface area contributed by atoms with E-state index in [2.05, 4.69) is 25.1 Å². The lowest BCUT2D eigenvalue weighted by molar-refractivity contribution is 0.129. The lowest BCUT2D eigenvalue weighted by Crippen LogP contribution is -2.20. The molecule has 1 aliphatic heterocycles. The van der Waals surface area contributed by atoms with Gasteiger partial charge in [0.25, 0.3) is 0 Å². The van der Waals surface area contributed by atoms with E-state index in [1.807, 2.05) is 14.1 Å². The predicted octanol–water partition coefficient (Wildman–Crippen LogP) is 1.73. The molecule has 2 rings (SSSR count). The quantitative estimate of drug-likeness (QED) is 0.580. The molecular weight excluding hydrogens is 152 g/mol. The molecule has 0 bridgehead atoms. The molecule has 1 aromatic rings. The van der Waals surface area contributed by atoms with Crippen LogP contribution in [0.15, 0.2) is 18.2 Å². The highest BCUT2D eigenvalue weighted by molar-refractivity contribution is 5.72. The highest BCUT2D eigenvalue weighted by atomic mass is 16.8. The van der Waals surface area contributed by atoms with Crippen molar-refractivity contribution in [2.45, 2.75) is 6.92 Å². The number of fused-ring (bicyclic) bond motifs is 1. The number of anilines is 2. The first-order valence-electron chi connectivity index (χ1n) is 3.94. The van der Waals surface area contributed by atoms with Gasteiger partial charge in [-0.05, 0) is 24.6 Å². The molecule has 3 heteroatoms. The van der Waals surface area contributed by atoms with Crippen LogP contribution in [0.2, 0.25) is 0 Å². The van der Waals surface area contributed by atoms with Gasteiger partial charge in [0.15, 0.2) is 0 Å². The Morgan fingerprint density at radius 2 is 1.75 bits per heavy atom. The minimum Gasteiger partial charge on any atom is -0.230 e. The number of rotatable bonds is 0. The predicted molar refractivity (Wildman–Crippen MR) is 49.1 cm³/mol. The maximum atomic E-state index is 5.35. The molecule has 64 valence electrons. The van der Waals surface area contributed by atoms with Crippen molar-refractivity contribution in [3.63, 3.8) is 0 Å². The summed E-state index contributed by atoms with van der Waals surface area (Å²) in [6.07, 6.45) is 0. The fourth-order valence-electron chi connectivity index (χ4n) is 1.42. The number of hydrogen-bond donors (Lipinski definition) is 0. The number of nitrogens with zero attached hydrogens (tertiary/aromatic N) is 2. The van der Waals surface area contributed by atoms with Crippen molar-refractivity contribution in [2.24, 2.45) is 0 Å². The van der Waals surface area contributed by atoms with E-state index < -0.39 is 0 Å². The van der Waals surface area contributed by atoms with E-state index >= 15 is 0 Å². The Balaban J connectivity index is 2.53. The minimum absolute atomic E-state index is 1.11. The summed E-state index contributed by atoms with van der Waals surface area (Å²) < 4.78 is 0. The number of hydrogen-bond acceptors (Lipinski definition) is 3. The summed E-state index contributed by atoms with van der Waals surface area (Å²) in [6.45, 7) is 2.08. The van der Waals surface area contributed by atoms with Crippen LogP contribution in [0.5, 0.6) is 0 Å². The van der Waals surface area contributed by atoms with Crippen molar-refractivity contribution < 1.29 is 4.94 Å². The maximum Gasteiger partial charge on any atom is 0.0918 e. The normalized spacial score (nSPS) is 15.2. The molecule has 1 aliphatic rings. The lowest BCUT2D eigenvalue weighted by Gasteiger charge is -2.10. The van der Waals surface area contributed by atoms with Crippen LogP contribution in [0.4, 0.5) is 11.4 Å². The Hall–Kier alpha value is -1.22. The van der Waals surface area contributed by atoms with Gasteiger partial charge >= 0.3 is 0 Å². The molecule has 0 saturated heterocycles. The van der Waals surface area contributed by atoms with Gasteiger partial charge in [-0.15, -0.1) is 0 Å². The average molecular weight is 164 g/mol. The lowest BCUT2D eigenvalue weighted by atomic mass is 10.2. The zero-order valence-corrected chi connectivity index (χ0v) is 7.53. The fourth-order valence-corrected chi connectivity index (χ4v) is 1.42. The number of benzene rings is 1. The van der Waals surface area contributed by atoms with E-state index in [-0.39, 0.29) is 0 Å². The molecule has 0 spiro atoms. The summed E-state index contributed by atoms with van der Waals surface area (Å²) in [5, 5.41) is 3.52. The van der Waals surface area contributed by atoms with Gasteiger partial charge in [0, 0.05) is 14.1 Å². The van der Waals surface area contributed by atoms with Crippen molar-refractivity contribution in [2.75, 3.05) is 24.2 Å². The van der Waals surface area contributed by atoms with E-state index in [9.17, 15) is 0 Å². The van der Waals surface area contributed by atoms with Crippen molar-refractivity contribution in [1.82, 2.24) is 0 Å². The molecule has 0 N–H and O–H groups in total. The van der Waals surface area contributed by atoms with Gasteiger partial charge in [-0.1, -0.05) is 6.07 Å². The second-order valence-corrected chi connectivity index (χ2v) is 3.07. The van der Waals surface area contributed by atoms with Gasteiger partial charge in [-0.2, -0.15) is 4.94 Å². The van der Waals surface area contributed by atoms with Crippen LogP contribution in [0.25, 0.3) is 0 Å². The van der Waals surface area contributed by atoms with Crippen LogP contribution >= 0.6 is 0 Å². The van der Waals surface area contributed by atoms with E-state index in [4.69, 9.17) is 4.94 Å². The molecule has 0 atom stereocenters. The third-order valence-corrected chi connectivity index (χ3v) is 2.05. The van der Waals surface area contributed by atoms with Crippen molar-refractivity contribution in [1.29, 1.82) is 0 Å². The Morgan fingerprint density at radius 3 is 2.50 bits per heavy atom. The zero-order chi connectivity index (χ0) is 8.72. The molecule has 0 unspecified atom stereocenters. The van der Waals surface area contributed by atoms with Gasteiger partial charge in [-0.3, -0.25) is 0 Å². The number of hydroxylamine groups is 2. The zero-order valence-electron chi connectivity index (χ0n) is 7.53. The molecule has 0 saturated carbocycles. The number of aryl methyl sites for hydroxylation is 1. The molecule has 0 aliphatic carbocycles. The summed E-state index contributed by atoms with van der Waals surface area (Å²) in [5.74, 6) is 0. The second kappa shape index (κ2) is 2.38. The van der Waals surface area contributed by atoms with E-state index in [0.29, 0.717) is 0 Å². The van der Waals surface area contributed by atoms with Crippen LogP contribution < -0.4 is 10.1 Å².